The highest BCUT2D eigenvalue weighted by Crippen LogP contribution is 2.15. The van der Waals surface area contributed by atoms with Crippen molar-refractivity contribution in [3.05, 3.63) is 0 Å². The number of unbranched alkanes of at least 4 members (excludes halogenated alkanes) is 16. The van der Waals surface area contributed by atoms with Crippen LogP contribution >= 0.6 is 0 Å². The van der Waals surface area contributed by atoms with E-state index in [0.29, 0.717) is 5.78 Å². The molecule has 0 saturated carbocycles. The summed E-state index contributed by atoms with van der Waals surface area (Å²) in [4.78, 5) is 10.8. The molecule has 0 aromatic rings. The van der Waals surface area contributed by atoms with Crippen LogP contribution in [-0.2, 0) is 4.79 Å². The summed E-state index contributed by atoms with van der Waals surface area (Å²) in [6.07, 6.45) is 26.1. The van der Waals surface area contributed by atoms with Gasteiger partial charge in [0, 0.05) is 6.42 Å². The second-order valence-corrected chi connectivity index (χ2v) is 8.64. The van der Waals surface area contributed by atoms with Gasteiger partial charge in [0.1, 0.15) is 5.78 Å². The number of rotatable bonds is 20. The summed E-state index contributed by atoms with van der Waals surface area (Å²) in [5.41, 5.74) is 0. The molecular weight excluding hydrogens is 304 g/mol. The molecule has 1 nitrogen and oxygen atoms in total. The van der Waals surface area contributed by atoms with E-state index >= 15 is 0 Å². The number of carbonyl (C=O) groups excluding carboxylic acids is 1. The Balaban J connectivity index is 2.99. The molecule has 0 aromatic heterocycles. The van der Waals surface area contributed by atoms with Crippen LogP contribution in [0.1, 0.15) is 143 Å². The number of hydrogen-bond donors (Lipinski definition) is 0. The van der Waals surface area contributed by atoms with Crippen molar-refractivity contribution in [2.45, 2.75) is 143 Å². The molecule has 0 amide bonds. The van der Waals surface area contributed by atoms with Gasteiger partial charge in [-0.3, -0.25) is 0 Å². The van der Waals surface area contributed by atoms with Gasteiger partial charge in [-0.2, -0.15) is 0 Å². The first-order valence-corrected chi connectivity index (χ1v) is 11.6. The maximum absolute atomic E-state index is 10.8. The molecule has 0 aliphatic rings. The molecule has 150 valence electrons. The van der Waals surface area contributed by atoms with Gasteiger partial charge < -0.3 is 4.79 Å². The molecule has 1 heteroatoms. The SMILES string of the molecule is CC(=O)CCCCCCCCCCCCCCCCCCCC(C)C. The lowest BCUT2D eigenvalue weighted by molar-refractivity contribution is -0.117. The van der Waals surface area contributed by atoms with Gasteiger partial charge in [-0.15, -0.1) is 0 Å². The second kappa shape index (κ2) is 20.0. The van der Waals surface area contributed by atoms with Gasteiger partial charge in [-0.05, 0) is 19.3 Å². The molecule has 0 saturated heterocycles. The zero-order chi connectivity index (χ0) is 18.6. The summed E-state index contributed by atoms with van der Waals surface area (Å²) in [5.74, 6) is 1.24. The van der Waals surface area contributed by atoms with Crippen molar-refractivity contribution in [1.29, 1.82) is 0 Å². The predicted octanol–water partition coefficient (Wildman–Crippen LogP) is 8.64. The Labute approximate surface area is 159 Å². The first-order valence-electron chi connectivity index (χ1n) is 11.6. The molecule has 0 atom stereocenters. The molecule has 0 unspecified atom stereocenters. The van der Waals surface area contributed by atoms with Gasteiger partial charge in [-0.25, -0.2) is 0 Å². The Kier molecular flexibility index (Phi) is 19.7. The Morgan fingerprint density at radius 2 is 0.800 bits per heavy atom. The van der Waals surface area contributed by atoms with Crippen LogP contribution in [0.25, 0.3) is 0 Å². The number of carbonyl (C=O) groups is 1. The summed E-state index contributed by atoms with van der Waals surface area (Å²) in [6.45, 7) is 6.37. The van der Waals surface area contributed by atoms with Crippen LogP contribution in [0.15, 0.2) is 0 Å². The minimum Gasteiger partial charge on any atom is -0.300 e. The molecule has 25 heavy (non-hydrogen) atoms. The highest BCUT2D eigenvalue weighted by atomic mass is 16.1. The second-order valence-electron chi connectivity index (χ2n) is 8.64. The first kappa shape index (κ1) is 24.7. The third kappa shape index (κ3) is 23.7. The smallest absolute Gasteiger partial charge is 0.129 e. The standard InChI is InChI=1S/C24H48O/c1-23(2)21-19-17-15-13-11-9-7-5-4-6-8-10-12-14-16-18-20-22-24(3)25/h23H,4-22H2,1-3H3. The quantitative estimate of drug-likeness (QED) is 0.200. The highest BCUT2D eigenvalue weighted by Gasteiger charge is 1.97. The van der Waals surface area contributed by atoms with Crippen LogP contribution in [0, 0.1) is 5.92 Å². The molecule has 0 rings (SSSR count). The van der Waals surface area contributed by atoms with Gasteiger partial charge in [0.05, 0.1) is 0 Å². The minimum atomic E-state index is 0.349. The Bertz CT molecular complexity index is 269. The molecule has 0 spiro atoms. The van der Waals surface area contributed by atoms with Crippen LogP contribution in [-0.4, -0.2) is 5.78 Å². The van der Waals surface area contributed by atoms with Crippen LogP contribution < -0.4 is 0 Å². The third-order valence-electron chi connectivity index (χ3n) is 5.31. The first-order chi connectivity index (χ1) is 12.1. The lowest BCUT2D eigenvalue weighted by Crippen LogP contribution is -1.89. The van der Waals surface area contributed by atoms with Crippen LogP contribution in [0.2, 0.25) is 0 Å². The normalized spacial score (nSPS) is 11.4. The van der Waals surface area contributed by atoms with Crippen molar-refractivity contribution in [2.75, 3.05) is 0 Å². The number of hydrogen-bond acceptors (Lipinski definition) is 1. The molecule has 0 radical (unpaired) electrons. The Morgan fingerprint density at radius 1 is 0.520 bits per heavy atom. The molecule has 0 fully saturated rings. The molecule has 0 aliphatic heterocycles. The summed E-state index contributed by atoms with van der Waals surface area (Å²) in [5, 5.41) is 0. The fourth-order valence-corrected chi connectivity index (χ4v) is 3.58. The Morgan fingerprint density at radius 3 is 1.08 bits per heavy atom. The van der Waals surface area contributed by atoms with Crippen molar-refractivity contribution in [1.82, 2.24) is 0 Å². The topological polar surface area (TPSA) is 17.1 Å². The third-order valence-corrected chi connectivity index (χ3v) is 5.31. The zero-order valence-corrected chi connectivity index (χ0v) is 17.9. The minimum absolute atomic E-state index is 0.349. The van der Waals surface area contributed by atoms with E-state index in [-0.39, 0.29) is 0 Å². The summed E-state index contributed by atoms with van der Waals surface area (Å²) in [7, 11) is 0. The molecular formula is C24H48O. The maximum Gasteiger partial charge on any atom is 0.129 e. The average molecular weight is 353 g/mol. The average Bonchev–Trinajstić information content (AvgIpc) is 2.56. The van der Waals surface area contributed by atoms with Crippen molar-refractivity contribution in [3.8, 4) is 0 Å². The van der Waals surface area contributed by atoms with Gasteiger partial charge >= 0.3 is 0 Å². The zero-order valence-electron chi connectivity index (χ0n) is 17.9. The summed E-state index contributed by atoms with van der Waals surface area (Å²) < 4.78 is 0. The fraction of sp³-hybridized carbons (Fsp3) is 0.958. The van der Waals surface area contributed by atoms with E-state index in [1.54, 1.807) is 6.92 Å². The van der Waals surface area contributed by atoms with Crippen LogP contribution in [0.5, 0.6) is 0 Å². The van der Waals surface area contributed by atoms with E-state index in [9.17, 15) is 4.79 Å². The van der Waals surface area contributed by atoms with Crippen molar-refractivity contribution in [2.24, 2.45) is 5.92 Å². The molecule has 0 heterocycles. The van der Waals surface area contributed by atoms with Crippen molar-refractivity contribution < 1.29 is 4.79 Å². The van der Waals surface area contributed by atoms with Gasteiger partial charge in [0.25, 0.3) is 0 Å². The summed E-state index contributed by atoms with van der Waals surface area (Å²) in [6, 6.07) is 0. The van der Waals surface area contributed by atoms with E-state index in [1.165, 1.54) is 109 Å². The van der Waals surface area contributed by atoms with Gasteiger partial charge in [0.2, 0.25) is 0 Å². The van der Waals surface area contributed by atoms with E-state index < -0.39 is 0 Å². The van der Waals surface area contributed by atoms with Gasteiger partial charge in [-0.1, -0.05) is 123 Å². The highest BCUT2D eigenvalue weighted by molar-refractivity contribution is 5.75. The molecule has 0 N–H and O–H groups in total. The van der Waals surface area contributed by atoms with Crippen LogP contribution in [0.3, 0.4) is 0 Å². The van der Waals surface area contributed by atoms with Crippen molar-refractivity contribution >= 4 is 5.78 Å². The summed E-state index contributed by atoms with van der Waals surface area (Å²) >= 11 is 0. The van der Waals surface area contributed by atoms with E-state index in [0.717, 1.165) is 18.8 Å². The monoisotopic (exact) mass is 352 g/mol. The molecule has 0 aromatic carbocycles. The van der Waals surface area contributed by atoms with E-state index in [2.05, 4.69) is 13.8 Å². The molecule has 0 aliphatic carbocycles. The van der Waals surface area contributed by atoms with Gasteiger partial charge in [0.15, 0.2) is 0 Å². The fourth-order valence-electron chi connectivity index (χ4n) is 3.58. The maximum atomic E-state index is 10.8. The largest absolute Gasteiger partial charge is 0.300 e. The van der Waals surface area contributed by atoms with E-state index in [4.69, 9.17) is 0 Å². The number of ketones is 1. The van der Waals surface area contributed by atoms with E-state index in [1.807, 2.05) is 0 Å². The van der Waals surface area contributed by atoms with Crippen molar-refractivity contribution in [3.63, 3.8) is 0 Å². The lowest BCUT2D eigenvalue weighted by atomic mass is 10.0. The van der Waals surface area contributed by atoms with Crippen LogP contribution in [0.4, 0.5) is 0 Å². The lowest BCUT2D eigenvalue weighted by Gasteiger charge is -2.05. The molecule has 0 bridgehead atoms. The Hall–Kier alpha value is -0.330. The number of Topliss-reactive ketones (excluding diaryl/α,β-unsaturated/α-hetero) is 1. The predicted molar refractivity (Wildman–Crippen MR) is 113 cm³/mol.